The van der Waals surface area contributed by atoms with Crippen molar-refractivity contribution < 1.29 is 55.1 Å². The summed E-state index contributed by atoms with van der Waals surface area (Å²) in [5, 5.41) is 4.67. The summed E-state index contributed by atoms with van der Waals surface area (Å²) in [4.78, 5) is 85.3. The minimum Gasteiger partial charge on any atom is -0.461 e. The van der Waals surface area contributed by atoms with Crippen LogP contribution >= 0.6 is 0 Å². The molecule has 4 saturated heterocycles. The number of nitrogens with zero attached hydrogens (tertiary/aromatic N) is 5. The van der Waals surface area contributed by atoms with Gasteiger partial charge in [-0.1, -0.05) is 12.7 Å². The largest absolute Gasteiger partial charge is 0.461 e. The number of hydrogen-bond donors (Lipinski definition) is 2. The first-order chi connectivity index (χ1) is 26.6. The van der Waals surface area contributed by atoms with E-state index in [2.05, 4.69) is 16.6 Å². The highest BCUT2D eigenvalue weighted by atomic mass is 32.2. The van der Waals surface area contributed by atoms with Crippen molar-refractivity contribution in [2.24, 2.45) is 0 Å². The molecule has 4 heterocycles. The van der Waals surface area contributed by atoms with Crippen LogP contribution < -0.4 is 10.0 Å². The molecule has 16 nitrogen and oxygen atoms in total. The fraction of sp³-hybridized carbons (Fsp3) is 0.611. The van der Waals surface area contributed by atoms with Gasteiger partial charge in [-0.3, -0.25) is 43.6 Å². The van der Waals surface area contributed by atoms with E-state index in [1.165, 1.54) is 6.08 Å². The predicted molar refractivity (Wildman–Crippen MR) is 192 cm³/mol. The van der Waals surface area contributed by atoms with Crippen LogP contribution in [0.3, 0.4) is 0 Å². The summed E-state index contributed by atoms with van der Waals surface area (Å²) in [6.07, 6.45) is -1.91. The van der Waals surface area contributed by atoms with Gasteiger partial charge in [0.05, 0.1) is 29.6 Å². The predicted octanol–water partition coefficient (Wildman–Crippen LogP) is 0.684. The van der Waals surface area contributed by atoms with Gasteiger partial charge >= 0.3 is 12.1 Å². The van der Waals surface area contributed by atoms with Gasteiger partial charge in [-0.05, 0) is 62.8 Å². The number of halogens is 3. The van der Waals surface area contributed by atoms with Crippen LogP contribution in [0.25, 0.3) is 0 Å². The van der Waals surface area contributed by atoms with Gasteiger partial charge < -0.3 is 15.0 Å². The molecular formula is C36H48F3N7O9S. The van der Waals surface area contributed by atoms with Crippen molar-refractivity contribution in [3.63, 3.8) is 0 Å². The lowest BCUT2D eigenvalue weighted by Crippen LogP contribution is -2.64. The molecule has 0 unspecified atom stereocenters. The molecule has 0 saturated carbocycles. The zero-order chi connectivity index (χ0) is 40.6. The Bertz CT molecular complexity index is 1750. The van der Waals surface area contributed by atoms with E-state index in [9.17, 15) is 50.4 Å². The third kappa shape index (κ3) is 10.9. The van der Waals surface area contributed by atoms with Crippen molar-refractivity contribution in [2.45, 2.75) is 80.6 Å². The third-order valence-corrected chi connectivity index (χ3v) is 11.8. The van der Waals surface area contributed by atoms with Gasteiger partial charge in [-0.15, -0.1) is 0 Å². The number of fused-ring (bicyclic) bond motifs is 1. The maximum atomic E-state index is 14.0. The number of Topliss-reactive ketones (excluding diaryl/α,β-unsaturated/α-hetero) is 1. The summed E-state index contributed by atoms with van der Waals surface area (Å²) in [6, 6.07) is -1.40. The number of amides is 4. The standard InChI is InChI=1S/C36H48F3N7O9S/c1-2-22-55-33(50)14-12-27(30(47)23-42-18-20-43(21-19-42)24-32(49)44-15-3-4-16-44)40-34(51)29-6-5-17-45-31(48)13-11-28(35(52)46(29)45)41-56(53,54)26-9-7-25(8-10-26)36(37,38)39/h2,7-10,27-29,41H,1,3-6,11-24H2,(H,40,51)/t27-,28-,29-/m0/s1. The molecular weight excluding hydrogens is 763 g/mol. The summed E-state index contributed by atoms with van der Waals surface area (Å²) in [5.41, 5.74) is -1.07. The van der Waals surface area contributed by atoms with Crippen LogP contribution in [0, 0.1) is 0 Å². The number of hydrazine groups is 1. The van der Waals surface area contributed by atoms with E-state index < -0.39 is 74.3 Å². The quantitative estimate of drug-likeness (QED) is 0.188. The van der Waals surface area contributed by atoms with E-state index in [0.717, 1.165) is 48.1 Å². The molecule has 5 rings (SSSR count). The second-order valence-electron chi connectivity index (χ2n) is 14.3. The molecule has 1 aromatic carbocycles. The van der Waals surface area contributed by atoms with Crippen molar-refractivity contribution in [1.82, 2.24) is 34.8 Å². The smallest absolute Gasteiger partial charge is 0.416 e. The number of esters is 1. The number of hydrogen-bond acceptors (Lipinski definition) is 11. The van der Waals surface area contributed by atoms with Crippen molar-refractivity contribution in [2.75, 3.05) is 65.5 Å². The van der Waals surface area contributed by atoms with Crippen LogP contribution in [-0.2, 0) is 49.7 Å². The number of benzene rings is 1. The number of piperazine rings is 1. The molecule has 56 heavy (non-hydrogen) atoms. The van der Waals surface area contributed by atoms with Crippen LogP contribution in [-0.4, -0.2) is 152 Å². The molecule has 4 amide bonds. The van der Waals surface area contributed by atoms with Gasteiger partial charge in [-0.25, -0.2) is 13.4 Å². The second kappa shape index (κ2) is 18.7. The van der Waals surface area contributed by atoms with E-state index in [1.54, 1.807) is 0 Å². The normalized spacial score (nSPS) is 21.9. The molecule has 0 spiro atoms. The zero-order valence-electron chi connectivity index (χ0n) is 31.0. The highest BCUT2D eigenvalue weighted by Crippen LogP contribution is 2.30. The van der Waals surface area contributed by atoms with E-state index in [1.807, 2.05) is 14.7 Å². The fourth-order valence-electron chi connectivity index (χ4n) is 7.22. The first kappa shape index (κ1) is 42.7. The van der Waals surface area contributed by atoms with Crippen LogP contribution in [0.2, 0.25) is 0 Å². The highest BCUT2D eigenvalue weighted by Gasteiger charge is 2.46. The summed E-state index contributed by atoms with van der Waals surface area (Å²) >= 11 is 0. The van der Waals surface area contributed by atoms with E-state index in [-0.39, 0.29) is 57.7 Å². The monoisotopic (exact) mass is 811 g/mol. The number of ketones is 1. The molecule has 0 aliphatic carbocycles. The minimum absolute atomic E-state index is 0.0544. The lowest BCUT2D eigenvalue weighted by Gasteiger charge is -2.43. The van der Waals surface area contributed by atoms with Gasteiger partial charge in [0, 0.05) is 58.7 Å². The van der Waals surface area contributed by atoms with E-state index in [0.29, 0.717) is 51.3 Å². The van der Waals surface area contributed by atoms with Gasteiger partial charge in [0.25, 0.3) is 5.91 Å². The molecule has 0 bridgehead atoms. The van der Waals surface area contributed by atoms with E-state index in [4.69, 9.17) is 4.74 Å². The van der Waals surface area contributed by atoms with Crippen molar-refractivity contribution in [1.29, 1.82) is 0 Å². The average molecular weight is 812 g/mol. The Labute approximate surface area is 323 Å². The maximum Gasteiger partial charge on any atom is 0.416 e. The summed E-state index contributed by atoms with van der Waals surface area (Å²) in [5.74, 6) is -3.25. The minimum atomic E-state index is -4.70. The molecule has 20 heteroatoms. The number of sulfonamides is 1. The molecule has 0 aromatic heterocycles. The molecule has 4 aliphatic heterocycles. The molecule has 4 fully saturated rings. The average Bonchev–Trinajstić information content (AvgIpc) is 3.69. The number of ether oxygens (including phenoxy) is 1. The number of carbonyl (C=O) groups is 6. The van der Waals surface area contributed by atoms with Gasteiger partial charge in [0.15, 0.2) is 5.78 Å². The van der Waals surface area contributed by atoms with Gasteiger partial charge in [-0.2, -0.15) is 17.9 Å². The van der Waals surface area contributed by atoms with Crippen LogP contribution in [0.1, 0.15) is 56.9 Å². The van der Waals surface area contributed by atoms with Crippen molar-refractivity contribution in [3.05, 3.63) is 42.5 Å². The van der Waals surface area contributed by atoms with Crippen LogP contribution in [0.5, 0.6) is 0 Å². The van der Waals surface area contributed by atoms with Gasteiger partial charge in [0.1, 0.15) is 18.7 Å². The first-order valence-electron chi connectivity index (χ1n) is 18.7. The molecule has 3 atom stereocenters. The molecule has 4 aliphatic rings. The maximum absolute atomic E-state index is 14.0. The second-order valence-corrected chi connectivity index (χ2v) is 16.0. The van der Waals surface area contributed by atoms with Crippen LogP contribution in [0.4, 0.5) is 13.2 Å². The summed E-state index contributed by atoms with van der Waals surface area (Å²) < 4.78 is 73.0. The molecule has 2 N–H and O–H groups in total. The third-order valence-electron chi connectivity index (χ3n) is 10.3. The Morgan fingerprint density at radius 2 is 1.55 bits per heavy atom. The Hall–Kier alpha value is -4.40. The fourth-order valence-corrected chi connectivity index (χ4v) is 8.45. The zero-order valence-corrected chi connectivity index (χ0v) is 31.8. The number of nitrogens with one attached hydrogen (secondary N) is 2. The summed E-state index contributed by atoms with van der Waals surface area (Å²) in [6.45, 7) is 7.28. The number of rotatable bonds is 15. The Balaban J connectivity index is 1.27. The Morgan fingerprint density at radius 3 is 2.18 bits per heavy atom. The molecule has 308 valence electrons. The van der Waals surface area contributed by atoms with Crippen molar-refractivity contribution in [3.8, 4) is 0 Å². The van der Waals surface area contributed by atoms with E-state index >= 15 is 0 Å². The van der Waals surface area contributed by atoms with Crippen molar-refractivity contribution >= 4 is 45.4 Å². The highest BCUT2D eigenvalue weighted by molar-refractivity contribution is 7.89. The first-order valence-corrected chi connectivity index (χ1v) is 20.2. The lowest BCUT2D eigenvalue weighted by molar-refractivity contribution is -0.176. The lowest BCUT2D eigenvalue weighted by atomic mass is 10.0. The van der Waals surface area contributed by atoms with Crippen LogP contribution in [0.15, 0.2) is 41.8 Å². The number of alkyl halides is 3. The topological polar surface area (TPSA) is 186 Å². The Kier molecular flexibility index (Phi) is 14.3. The number of carbonyl (C=O) groups excluding carboxylic acids is 6. The Morgan fingerprint density at radius 1 is 0.911 bits per heavy atom. The SMILES string of the molecule is C=CCOC(=O)CC[C@H](NC(=O)[C@@H]1CCCN2C(=O)CC[C@H](NS(=O)(=O)c3ccc(C(F)(F)F)cc3)C(=O)N12)C(=O)CN1CCN(CC(=O)N2CCCC2)CC1. The summed E-state index contributed by atoms with van der Waals surface area (Å²) in [7, 11) is -4.56. The molecule has 1 aromatic rings. The van der Waals surface area contributed by atoms with Gasteiger partial charge in [0.2, 0.25) is 27.7 Å². The molecule has 0 radical (unpaired) electrons. The number of likely N-dealkylation sites (tertiary alicyclic amines) is 1.